The second-order valence-corrected chi connectivity index (χ2v) is 4.95. The van der Waals surface area contributed by atoms with Crippen molar-refractivity contribution in [3.05, 3.63) is 0 Å². The van der Waals surface area contributed by atoms with Gasteiger partial charge in [-0.3, -0.25) is 0 Å². The van der Waals surface area contributed by atoms with Crippen molar-refractivity contribution in [2.24, 2.45) is 5.73 Å². The van der Waals surface area contributed by atoms with Crippen molar-refractivity contribution in [3.63, 3.8) is 0 Å². The number of thiocarbonyl (C=S) groups is 1. The predicted octanol–water partition coefficient (Wildman–Crippen LogP) is 1.08. The van der Waals surface area contributed by atoms with E-state index in [1.54, 1.807) is 0 Å². The van der Waals surface area contributed by atoms with E-state index < -0.39 is 0 Å². The molecule has 1 fully saturated rings. The Morgan fingerprint density at radius 1 is 1.33 bits per heavy atom. The van der Waals surface area contributed by atoms with E-state index in [-0.39, 0.29) is 0 Å². The maximum atomic E-state index is 5.47. The molecule has 0 aromatic heterocycles. The van der Waals surface area contributed by atoms with Gasteiger partial charge in [-0.2, -0.15) is 0 Å². The molecule has 0 radical (unpaired) electrons. The average Bonchev–Trinajstić information content (AvgIpc) is 2.67. The molecule has 1 saturated heterocycles. The molecule has 0 amide bonds. The molecular formula is C11H23N3S. The third-order valence-electron chi connectivity index (χ3n) is 2.95. The lowest BCUT2D eigenvalue weighted by Crippen LogP contribution is -2.28. The van der Waals surface area contributed by atoms with Gasteiger partial charge < -0.3 is 15.5 Å². The first-order valence-electron chi connectivity index (χ1n) is 5.87. The minimum atomic E-state index is 0.626. The number of hydrogen-bond donors (Lipinski definition) is 1. The zero-order valence-corrected chi connectivity index (χ0v) is 10.6. The second kappa shape index (κ2) is 7.14. The first-order chi connectivity index (χ1) is 7.18. The number of rotatable bonds is 7. The number of hydrogen-bond acceptors (Lipinski definition) is 3. The Morgan fingerprint density at radius 2 is 2.00 bits per heavy atom. The molecule has 0 unspecified atom stereocenters. The lowest BCUT2D eigenvalue weighted by atomic mass is 10.3. The van der Waals surface area contributed by atoms with Gasteiger partial charge in [0.05, 0.1) is 4.99 Å². The normalized spacial score (nSPS) is 17.5. The fourth-order valence-corrected chi connectivity index (χ4v) is 2.07. The first-order valence-corrected chi connectivity index (χ1v) is 6.28. The van der Waals surface area contributed by atoms with Gasteiger partial charge in [-0.05, 0) is 52.5 Å². The summed E-state index contributed by atoms with van der Waals surface area (Å²) < 4.78 is 0. The number of nitrogens with two attached hydrogens (primary N) is 1. The van der Waals surface area contributed by atoms with E-state index in [1.807, 2.05) is 0 Å². The van der Waals surface area contributed by atoms with Crippen LogP contribution in [-0.4, -0.2) is 54.6 Å². The van der Waals surface area contributed by atoms with Crippen molar-refractivity contribution < 1.29 is 0 Å². The summed E-state index contributed by atoms with van der Waals surface area (Å²) in [6.45, 7) is 6.00. The largest absolute Gasteiger partial charge is 0.393 e. The first kappa shape index (κ1) is 12.9. The molecule has 0 atom stereocenters. The van der Waals surface area contributed by atoms with E-state index in [1.165, 1.54) is 38.9 Å². The predicted molar refractivity (Wildman–Crippen MR) is 69.2 cm³/mol. The quantitative estimate of drug-likeness (QED) is 0.662. The van der Waals surface area contributed by atoms with Crippen molar-refractivity contribution in [2.45, 2.75) is 25.7 Å². The van der Waals surface area contributed by atoms with E-state index in [0.717, 1.165) is 19.5 Å². The molecule has 0 aromatic rings. The van der Waals surface area contributed by atoms with Crippen LogP contribution in [0.5, 0.6) is 0 Å². The van der Waals surface area contributed by atoms with Crippen molar-refractivity contribution >= 4 is 17.2 Å². The minimum Gasteiger partial charge on any atom is -0.393 e. The maximum Gasteiger partial charge on any atom is 0.0740 e. The average molecular weight is 229 g/mol. The van der Waals surface area contributed by atoms with Crippen LogP contribution < -0.4 is 5.73 Å². The fourth-order valence-electron chi connectivity index (χ4n) is 1.98. The highest BCUT2D eigenvalue weighted by molar-refractivity contribution is 7.80. The van der Waals surface area contributed by atoms with Gasteiger partial charge >= 0.3 is 0 Å². The lowest BCUT2D eigenvalue weighted by molar-refractivity contribution is 0.283. The molecule has 3 nitrogen and oxygen atoms in total. The van der Waals surface area contributed by atoms with E-state index in [0.29, 0.717) is 4.99 Å². The highest BCUT2D eigenvalue weighted by Gasteiger charge is 2.10. The Balaban J connectivity index is 1.96. The summed E-state index contributed by atoms with van der Waals surface area (Å²) in [5.74, 6) is 0. The van der Waals surface area contributed by atoms with Crippen molar-refractivity contribution in [2.75, 3.05) is 39.8 Å². The molecule has 0 aromatic carbocycles. The van der Waals surface area contributed by atoms with Crippen LogP contribution in [0.1, 0.15) is 25.7 Å². The van der Waals surface area contributed by atoms with Crippen LogP contribution in [0.2, 0.25) is 0 Å². The van der Waals surface area contributed by atoms with Crippen LogP contribution in [0.4, 0.5) is 0 Å². The Kier molecular flexibility index (Phi) is 6.13. The Bertz CT molecular complexity index is 190. The van der Waals surface area contributed by atoms with Crippen LogP contribution in [-0.2, 0) is 0 Å². The van der Waals surface area contributed by atoms with Crippen molar-refractivity contribution in [3.8, 4) is 0 Å². The van der Waals surface area contributed by atoms with Crippen LogP contribution in [0.3, 0.4) is 0 Å². The summed E-state index contributed by atoms with van der Waals surface area (Å²) in [5, 5.41) is 0. The number of nitrogens with zero attached hydrogens (tertiary/aromatic N) is 2. The van der Waals surface area contributed by atoms with E-state index >= 15 is 0 Å². The molecule has 15 heavy (non-hydrogen) atoms. The molecule has 0 spiro atoms. The monoisotopic (exact) mass is 229 g/mol. The van der Waals surface area contributed by atoms with E-state index in [2.05, 4.69) is 16.8 Å². The van der Waals surface area contributed by atoms with Gasteiger partial charge in [0.25, 0.3) is 0 Å². The molecule has 88 valence electrons. The van der Waals surface area contributed by atoms with Crippen LogP contribution >= 0.6 is 12.2 Å². The molecule has 0 bridgehead atoms. The number of likely N-dealkylation sites (tertiary alicyclic amines) is 1. The van der Waals surface area contributed by atoms with Gasteiger partial charge in [-0.25, -0.2) is 0 Å². The van der Waals surface area contributed by atoms with Gasteiger partial charge in [0, 0.05) is 13.0 Å². The van der Waals surface area contributed by atoms with Crippen LogP contribution in [0, 0.1) is 0 Å². The third-order valence-corrected chi connectivity index (χ3v) is 3.16. The van der Waals surface area contributed by atoms with Crippen molar-refractivity contribution in [1.82, 2.24) is 9.80 Å². The Labute approximate surface area is 98.6 Å². The molecule has 1 rings (SSSR count). The zero-order valence-electron chi connectivity index (χ0n) is 9.74. The maximum absolute atomic E-state index is 5.47. The topological polar surface area (TPSA) is 32.5 Å². The molecule has 1 heterocycles. The molecule has 2 N–H and O–H groups in total. The summed E-state index contributed by atoms with van der Waals surface area (Å²) in [6.07, 6.45) is 4.87. The molecule has 1 aliphatic rings. The lowest BCUT2D eigenvalue weighted by Gasteiger charge is -2.19. The van der Waals surface area contributed by atoms with E-state index in [9.17, 15) is 0 Å². The molecule has 4 heteroatoms. The molecule has 0 aliphatic carbocycles. The van der Waals surface area contributed by atoms with Gasteiger partial charge in [-0.15, -0.1) is 0 Å². The zero-order chi connectivity index (χ0) is 11.1. The molecule has 1 aliphatic heterocycles. The van der Waals surface area contributed by atoms with Crippen LogP contribution in [0.15, 0.2) is 0 Å². The summed E-state index contributed by atoms with van der Waals surface area (Å²) in [5.41, 5.74) is 5.47. The summed E-state index contributed by atoms with van der Waals surface area (Å²) in [4.78, 5) is 5.50. The van der Waals surface area contributed by atoms with Gasteiger partial charge in [0.15, 0.2) is 0 Å². The van der Waals surface area contributed by atoms with Crippen molar-refractivity contribution in [1.29, 1.82) is 0 Å². The third kappa shape index (κ3) is 6.07. The van der Waals surface area contributed by atoms with Gasteiger partial charge in [0.1, 0.15) is 0 Å². The van der Waals surface area contributed by atoms with Crippen LogP contribution in [0.25, 0.3) is 0 Å². The minimum absolute atomic E-state index is 0.626. The van der Waals surface area contributed by atoms with Gasteiger partial charge in [-0.1, -0.05) is 12.2 Å². The fraction of sp³-hybridized carbons (Fsp3) is 0.909. The van der Waals surface area contributed by atoms with E-state index in [4.69, 9.17) is 18.0 Å². The SMILES string of the molecule is CN(CCCN1CCCC1)CCC(N)=S. The smallest absolute Gasteiger partial charge is 0.0740 e. The van der Waals surface area contributed by atoms with Gasteiger partial charge in [0.2, 0.25) is 0 Å². The summed E-state index contributed by atoms with van der Waals surface area (Å²) in [7, 11) is 2.14. The summed E-state index contributed by atoms with van der Waals surface area (Å²) >= 11 is 4.86. The second-order valence-electron chi connectivity index (χ2n) is 4.42. The highest BCUT2D eigenvalue weighted by Crippen LogP contribution is 2.07. The Morgan fingerprint density at radius 3 is 2.60 bits per heavy atom. The molecule has 0 saturated carbocycles. The molecular weight excluding hydrogens is 206 g/mol. The Hall–Kier alpha value is -0.190. The highest BCUT2D eigenvalue weighted by atomic mass is 32.1. The summed E-state index contributed by atoms with van der Waals surface area (Å²) in [6, 6.07) is 0. The standard InChI is InChI=1S/C11H23N3S/c1-13(10-5-11(12)15)6-4-9-14-7-2-3-8-14/h2-10H2,1H3,(H2,12,15).